The molecule has 0 saturated heterocycles. The molecule has 1 amide bonds. The van der Waals surface area contributed by atoms with Gasteiger partial charge in [0.1, 0.15) is 0 Å². The van der Waals surface area contributed by atoms with Crippen LogP contribution in [0.4, 0.5) is 0 Å². The van der Waals surface area contributed by atoms with Gasteiger partial charge in [-0.25, -0.2) is 0 Å². The maximum absolute atomic E-state index is 11.3. The number of nitrogens with one attached hydrogen (secondary N) is 1. The molecule has 1 aromatic carbocycles. The van der Waals surface area contributed by atoms with E-state index in [9.17, 15) is 4.79 Å². The van der Waals surface area contributed by atoms with E-state index in [2.05, 4.69) is 11.4 Å². The third-order valence-corrected chi connectivity index (χ3v) is 2.63. The number of benzene rings is 1. The van der Waals surface area contributed by atoms with Crippen molar-refractivity contribution in [3.05, 3.63) is 35.4 Å². The first-order chi connectivity index (χ1) is 8.63. The topological polar surface area (TPSA) is 56.1 Å². The summed E-state index contributed by atoms with van der Waals surface area (Å²) >= 11 is 0. The minimum absolute atomic E-state index is 0.156. The maximum atomic E-state index is 11.3. The summed E-state index contributed by atoms with van der Waals surface area (Å²) in [5.74, 6) is 0.156. The van der Waals surface area contributed by atoms with Crippen molar-refractivity contribution in [2.24, 2.45) is 0 Å². The van der Waals surface area contributed by atoms with Gasteiger partial charge in [-0.3, -0.25) is 4.79 Å². The van der Waals surface area contributed by atoms with E-state index < -0.39 is 0 Å². The first kappa shape index (κ1) is 14.2. The van der Waals surface area contributed by atoms with Crippen LogP contribution < -0.4 is 5.32 Å². The summed E-state index contributed by atoms with van der Waals surface area (Å²) in [5, 5.41) is 12.0. The first-order valence-corrected chi connectivity index (χ1v) is 6.03. The fourth-order valence-electron chi connectivity index (χ4n) is 1.57. The second-order valence-electron chi connectivity index (χ2n) is 4.38. The number of nitriles is 1. The van der Waals surface area contributed by atoms with Crippen LogP contribution in [-0.4, -0.2) is 31.4 Å². The number of carbonyl (C=O) groups is 1. The molecule has 1 aromatic rings. The number of nitrogens with zero attached hydrogens (tertiary/aromatic N) is 2. The highest BCUT2D eigenvalue weighted by atomic mass is 16.2. The van der Waals surface area contributed by atoms with Gasteiger partial charge in [-0.1, -0.05) is 12.1 Å². The summed E-state index contributed by atoms with van der Waals surface area (Å²) in [6.07, 6.45) is 1.40. The van der Waals surface area contributed by atoms with Crippen LogP contribution in [0.3, 0.4) is 0 Å². The molecule has 0 spiro atoms. The highest BCUT2D eigenvalue weighted by Gasteiger charge is 2.02. The van der Waals surface area contributed by atoms with Crippen LogP contribution in [0.25, 0.3) is 0 Å². The zero-order chi connectivity index (χ0) is 13.4. The molecule has 0 aliphatic heterocycles. The molecule has 0 aliphatic carbocycles. The quantitative estimate of drug-likeness (QED) is 0.773. The van der Waals surface area contributed by atoms with Crippen LogP contribution in [0.2, 0.25) is 0 Å². The van der Waals surface area contributed by atoms with Gasteiger partial charge in [-0.05, 0) is 30.7 Å². The smallest absolute Gasteiger partial charge is 0.222 e. The summed E-state index contributed by atoms with van der Waals surface area (Å²) < 4.78 is 0. The molecular weight excluding hydrogens is 226 g/mol. The van der Waals surface area contributed by atoms with Crippen molar-refractivity contribution >= 4 is 5.91 Å². The highest BCUT2D eigenvalue weighted by molar-refractivity contribution is 5.75. The van der Waals surface area contributed by atoms with E-state index >= 15 is 0 Å². The zero-order valence-electron chi connectivity index (χ0n) is 10.9. The monoisotopic (exact) mass is 245 g/mol. The summed E-state index contributed by atoms with van der Waals surface area (Å²) in [5.41, 5.74) is 1.77. The Morgan fingerprint density at radius 1 is 1.44 bits per heavy atom. The summed E-state index contributed by atoms with van der Waals surface area (Å²) in [7, 11) is 3.53. The van der Waals surface area contributed by atoms with Crippen molar-refractivity contribution in [1.82, 2.24) is 10.2 Å². The Bertz CT molecular complexity index is 435. The standard InChI is InChI=1S/C14H19N3O/c1-17(2)14(18)7-4-8-16-11-13-6-3-5-12(9-13)10-15/h3,5-6,9,16H,4,7-8,11H2,1-2H3. The van der Waals surface area contributed by atoms with Gasteiger partial charge < -0.3 is 10.2 Å². The van der Waals surface area contributed by atoms with Crippen molar-refractivity contribution in [2.45, 2.75) is 19.4 Å². The van der Waals surface area contributed by atoms with Crippen LogP contribution in [0, 0.1) is 11.3 Å². The van der Waals surface area contributed by atoms with Crippen molar-refractivity contribution in [3.63, 3.8) is 0 Å². The van der Waals surface area contributed by atoms with Crippen LogP contribution in [0.5, 0.6) is 0 Å². The molecule has 0 aliphatic rings. The minimum Gasteiger partial charge on any atom is -0.349 e. The number of hydrogen-bond acceptors (Lipinski definition) is 3. The molecule has 0 heterocycles. The van der Waals surface area contributed by atoms with E-state index in [1.165, 1.54) is 0 Å². The lowest BCUT2D eigenvalue weighted by atomic mass is 10.1. The highest BCUT2D eigenvalue weighted by Crippen LogP contribution is 2.03. The maximum Gasteiger partial charge on any atom is 0.222 e. The largest absolute Gasteiger partial charge is 0.349 e. The number of carbonyl (C=O) groups excluding carboxylic acids is 1. The molecule has 0 radical (unpaired) electrons. The molecule has 18 heavy (non-hydrogen) atoms. The van der Waals surface area contributed by atoms with Crippen molar-refractivity contribution in [3.8, 4) is 6.07 Å². The lowest BCUT2D eigenvalue weighted by Gasteiger charge is -2.10. The molecule has 1 N–H and O–H groups in total. The zero-order valence-corrected chi connectivity index (χ0v) is 10.9. The van der Waals surface area contributed by atoms with Crippen molar-refractivity contribution in [2.75, 3.05) is 20.6 Å². The Labute approximate surface area is 108 Å². The lowest BCUT2D eigenvalue weighted by molar-refractivity contribution is -0.128. The Kier molecular flexibility index (Phi) is 5.89. The molecule has 0 atom stereocenters. The molecule has 0 bridgehead atoms. The van der Waals surface area contributed by atoms with Gasteiger partial charge in [-0.15, -0.1) is 0 Å². The van der Waals surface area contributed by atoms with Crippen molar-refractivity contribution in [1.29, 1.82) is 5.26 Å². The molecule has 0 saturated carbocycles. The molecular formula is C14H19N3O. The summed E-state index contributed by atoms with van der Waals surface area (Å²) in [4.78, 5) is 12.9. The summed E-state index contributed by atoms with van der Waals surface area (Å²) in [6, 6.07) is 9.65. The number of rotatable bonds is 6. The van der Waals surface area contributed by atoms with E-state index in [1.807, 2.05) is 18.2 Å². The van der Waals surface area contributed by atoms with Gasteiger partial charge in [0.15, 0.2) is 0 Å². The second kappa shape index (κ2) is 7.46. The molecule has 4 nitrogen and oxygen atoms in total. The SMILES string of the molecule is CN(C)C(=O)CCCNCc1cccc(C#N)c1. The molecule has 0 aromatic heterocycles. The minimum atomic E-state index is 0.156. The van der Waals surface area contributed by atoms with Gasteiger partial charge in [0, 0.05) is 27.1 Å². The Morgan fingerprint density at radius 3 is 2.89 bits per heavy atom. The van der Waals surface area contributed by atoms with Crippen LogP contribution >= 0.6 is 0 Å². The molecule has 96 valence electrons. The van der Waals surface area contributed by atoms with Crippen LogP contribution in [0.1, 0.15) is 24.0 Å². The Hall–Kier alpha value is -1.86. The van der Waals surface area contributed by atoms with E-state index in [0.717, 1.165) is 25.1 Å². The first-order valence-electron chi connectivity index (χ1n) is 6.03. The van der Waals surface area contributed by atoms with E-state index in [0.29, 0.717) is 12.0 Å². The van der Waals surface area contributed by atoms with Gasteiger partial charge in [0.05, 0.1) is 11.6 Å². The van der Waals surface area contributed by atoms with E-state index in [1.54, 1.807) is 25.1 Å². The second-order valence-corrected chi connectivity index (χ2v) is 4.38. The molecule has 0 unspecified atom stereocenters. The Balaban J connectivity index is 2.22. The third-order valence-electron chi connectivity index (χ3n) is 2.63. The van der Waals surface area contributed by atoms with Gasteiger partial charge in [-0.2, -0.15) is 5.26 Å². The van der Waals surface area contributed by atoms with Crippen LogP contribution in [0.15, 0.2) is 24.3 Å². The van der Waals surface area contributed by atoms with Gasteiger partial charge in [0.2, 0.25) is 5.91 Å². The molecule has 0 fully saturated rings. The third kappa shape index (κ3) is 4.98. The average molecular weight is 245 g/mol. The number of hydrogen-bond donors (Lipinski definition) is 1. The van der Waals surface area contributed by atoms with Crippen molar-refractivity contribution < 1.29 is 4.79 Å². The number of amides is 1. The van der Waals surface area contributed by atoms with Gasteiger partial charge >= 0.3 is 0 Å². The average Bonchev–Trinajstić information content (AvgIpc) is 2.38. The fourth-order valence-corrected chi connectivity index (χ4v) is 1.57. The van der Waals surface area contributed by atoms with Gasteiger partial charge in [0.25, 0.3) is 0 Å². The predicted molar refractivity (Wildman–Crippen MR) is 70.8 cm³/mol. The molecule has 4 heteroatoms. The Morgan fingerprint density at radius 2 is 2.22 bits per heavy atom. The molecule has 1 rings (SSSR count). The van der Waals surface area contributed by atoms with E-state index in [-0.39, 0.29) is 5.91 Å². The lowest BCUT2D eigenvalue weighted by Crippen LogP contribution is -2.23. The van der Waals surface area contributed by atoms with E-state index in [4.69, 9.17) is 5.26 Å². The summed E-state index contributed by atoms with van der Waals surface area (Å²) in [6.45, 7) is 1.53. The normalized spacial score (nSPS) is 9.83. The van der Waals surface area contributed by atoms with Crippen LogP contribution in [-0.2, 0) is 11.3 Å². The fraction of sp³-hybridized carbons (Fsp3) is 0.429. The predicted octanol–water partition coefficient (Wildman–Crippen LogP) is 1.52.